The van der Waals surface area contributed by atoms with Crippen LogP contribution in [0.15, 0.2) is 30.3 Å². The molecule has 1 N–H and O–H groups in total. The van der Waals surface area contributed by atoms with Gasteiger partial charge in [0.1, 0.15) is 0 Å². The molecule has 0 amide bonds. The zero-order valence-corrected chi connectivity index (χ0v) is 12.8. The molecule has 1 fully saturated rings. The molecule has 2 nitrogen and oxygen atoms in total. The summed E-state index contributed by atoms with van der Waals surface area (Å²) in [5, 5.41) is 3.76. The number of piperazine rings is 1. The van der Waals surface area contributed by atoms with Crippen LogP contribution < -0.4 is 5.32 Å². The summed E-state index contributed by atoms with van der Waals surface area (Å²) in [6.45, 7) is 12.6. The zero-order chi connectivity index (χ0) is 13.9. The molecule has 1 aromatic rings. The normalized spacial score (nSPS) is 28.8. The van der Waals surface area contributed by atoms with E-state index in [0.717, 1.165) is 13.1 Å². The summed E-state index contributed by atoms with van der Waals surface area (Å²) in [5.74, 6) is 0.713. The van der Waals surface area contributed by atoms with Gasteiger partial charge in [0, 0.05) is 31.2 Å². The number of hydrogen-bond donors (Lipinski definition) is 1. The molecular weight excluding hydrogens is 232 g/mol. The van der Waals surface area contributed by atoms with Crippen LogP contribution in [0.4, 0.5) is 0 Å². The van der Waals surface area contributed by atoms with Gasteiger partial charge in [-0.25, -0.2) is 0 Å². The second kappa shape index (κ2) is 6.06. The monoisotopic (exact) mass is 260 g/mol. The lowest BCUT2D eigenvalue weighted by Crippen LogP contribution is -2.59. The maximum absolute atomic E-state index is 3.76. The third-order valence-electron chi connectivity index (χ3n) is 4.28. The Bertz CT molecular complexity index is 388. The van der Waals surface area contributed by atoms with E-state index >= 15 is 0 Å². The first kappa shape index (κ1) is 14.5. The van der Waals surface area contributed by atoms with Crippen LogP contribution in [0.5, 0.6) is 0 Å². The lowest BCUT2D eigenvalue weighted by molar-refractivity contribution is 0.0735. The van der Waals surface area contributed by atoms with Crippen molar-refractivity contribution >= 4 is 0 Å². The van der Waals surface area contributed by atoms with Gasteiger partial charge in [0.25, 0.3) is 0 Å². The highest BCUT2D eigenvalue weighted by Gasteiger charge is 2.35. The fourth-order valence-corrected chi connectivity index (χ4v) is 2.99. The van der Waals surface area contributed by atoms with Crippen LogP contribution in [0.3, 0.4) is 0 Å². The summed E-state index contributed by atoms with van der Waals surface area (Å²) in [4.78, 5) is 2.67. The lowest BCUT2D eigenvalue weighted by atomic mass is 9.90. The fraction of sp³-hybridized carbons (Fsp3) is 0.647. The molecule has 2 atom stereocenters. The minimum Gasteiger partial charge on any atom is -0.308 e. The summed E-state index contributed by atoms with van der Waals surface area (Å²) in [6, 6.07) is 11.4. The summed E-state index contributed by atoms with van der Waals surface area (Å²) in [7, 11) is 0. The largest absolute Gasteiger partial charge is 0.308 e. The molecule has 1 saturated heterocycles. The number of nitrogens with zero attached hydrogens (tertiary/aromatic N) is 1. The van der Waals surface area contributed by atoms with E-state index in [9.17, 15) is 0 Å². The van der Waals surface area contributed by atoms with Gasteiger partial charge in [0.15, 0.2) is 0 Å². The van der Waals surface area contributed by atoms with Gasteiger partial charge in [0.2, 0.25) is 0 Å². The number of rotatable bonds is 4. The van der Waals surface area contributed by atoms with E-state index in [1.165, 1.54) is 18.5 Å². The van der Waals surface area contributed by atoms with Crippen molar-refractivity contribution in [2.75, 3.05) is 19.6 Å². The Balaban J connectivity index is 2.18. The molecule has 1 aromatic carbocycles. The van der Waals surface area contributed by atoms with E-state index in [-0.39, 0.29) is 5.54 Å². The van der Waals surface area contributed by atoms with E-state index in [1.807, 2.05) is 0 Å². The maximum atomic E-state index is 3.76. The third-order valence-corrected chi connectivity index (χ3v) is 4.28. The summed E-state index contributed by atoms with van der Waals surface area (Å²) in [5.41, 5.74) is 1.70. The third kappa shape index (κ3) is 3.58. The fourth-order valence-electron chi connectivity index (χ4n) is 2.99. The first-order valence-electron chi connectivity index (χ1n) is 7.58. The van der Waals surface area contributed by atoms with E-state index < -0.39 is 0 Å². The average molecular weight is 260 g/mol. The van der Waals surface area contributed by atoms with Crippen LogP contribution in [0.2, 0.25) is 0 Å². The van der Waals surface area contributed by atoms with Gasteiger partial charge < -0.3 is 5.32 Å². The molecule has 0 aliphatic carbocycles. The Morgan fingerprint density at radius 2 is 2.00 bits per heavy atom. The van der Waals surface area contributed by atoms with Crippen molar-refractivity contribution in [2.24, 2.45) is 5.92 Å². The van der Waals surface area contributed by atoms with E-state index in [1.54, 1.807) is 0 Å². The van der Waals surface area contributed by atoms with Crippen LogP contribution in [-0.4, -0.2) is 30.1 Å². The lowest BCUT2D eigenvalue weighted by Gasteiger charge is -2.47. The van der Waals surface area contributed by atoms with Crippen molar-refractivity contribution in [1.82, 2.24) is 10.2 Å². The van der Waals surface area contributed by atoms with Crippen LogP contribution >= 0.6 is 0 Å². The Labute approximate surface area is 118 Å². The topological polar surface area (TPSA) is 15.3 Å². The number of nitrogens with one attached hydrogen (secondary N) is 1. The molecule has 1 aliphatic heterocycles. The van der Waals surface area contributed by atoms with Gasteiger partial charge in [-0.3, -0.25) is 4.90 Å². The molecule has 0 spiro atoms. The molecule has 0 radical (unpaired) electrons. The van der Waals surface area contributed by atoms with Crippen molar-refractivity contribution in [3.05, 3.63) is 35.9 Å². The highest BCUT2D eigenvalue weighted by atomic mass is 15.3. The number of benzene rings is 1. The summed E-state index contributed by atoms with van der Waals surface area (Å²) < 4.78 is 0. The van der Waals surface area contributed by atoms with Gasteiger partial charge in [0.05, 0.1) is 0 Å². The van der Waals surface area contributed by atoms with Crippen LogP contribution in [0, 0.1) is 5.92 Å². The zero-order valence-electron chi connectivity index (χ0n) is 12.8. The first-order valence-corrected chi connectivity index (χ1v) is 7.58. The van der Waals surface area contributed by atoms with Crippen LogP contribution in [0.25, 0.3) is 0 Å². The van der Waals surface area contributed by atoms with Gasteiger partial charge in [-0.15, -0.1) is 0 Å². The van der Waals surface area contributed by atoms with E-state index in [2.05, 4.69) is 68.2 Å². The molecule has 1 heterocycles. The molecule has 1 aliphatic rings. The Morgan fingerprint density at radius 3 is 2.58 bits per heavy atom. The van der Waals surface area contributed by atoms with Gasteiger partial charge in [-0.05, 0) is 24.8 Å². The molecule has 0 saturated carbocycles. The summed E-state index contributed by atoms with van der Waals surface area (Å²) in [6.07, 6.45) is 1.18. The van der Waals surface area contributed by atoms with Crippen molar-refractivity contribution in [3.8, 4) is 0 Å². The predicted octanol–water partition coefficient (Wildman–Crippen LogP) is 3.46. The highest BCUT2D eigenvalue weighted by molar-refractivity contribution is 5.21. The molecule has 0 aromatic heterocycles. The van der Waals surface area contributed by atoms with Crippen molar-refractivity contribution in [3.63, 3.8) is 0 Å². The van der Waals surface area contributed by atoms with Gasteiger partial charge in [-0.2, -0.15) is 0 Å². The maximum Gasteiger partial charge on any atom is 0.0473 e. The quantitative estimate of drug-likeness (QED) is 0.892. The van der Waals surface area contributed by atoms with Crippen molar-refractivity contribution in [1.29, 1.82) is 0 Å². The molecule has 0 bridgehead atoms. The SMILES string of the molecule is CCC1(C)CN(CC(C)C)C(c2ccccc2)CN1. The van der Waals surface area contributed by atoms with Crippen LogP contribution in [0.1, 0.15) is 45.7 Å². The van der Waals surface area contributed by atoms with Crippen molar-refractivity contribution < 1.29 is 0 Å². The predicted molar refractivity (Wildman–Crippen MR) is 82.3 cm³/mol. The Kier molecular flexibility index (Phi) is 4.64. The Morgan fingerprint density at radius 1 is 1.32 bits per heavy atom. The standard InChI is InChI=1S/C17H28N2/c1-5-17(4)13-19(12-14(2)3)16(11-18-17)15-9-7-6-8-10-15/h6-10,14,16,18H,5,11-13H2,1-4H3. The minimum atomic E-state index is 0.264. The minimum absolute atomic E-state index is 0.264. The molecule has 106 valence electrons. The molecule has 2 rings (SSSR count). The first-order chi connectivity index (χ1) is 9.04. The molecule has 2 unspecified atom stereocenters. The van der Waals surface area contributed by atoms with Crippen LogP contribution in [-0.2, 0) is 0 Å². The van der Waals surface area contributed by atoms with Gasteiger partial charge in [-0.1, -0.05) is 51.1 Å². The second-order valence-corrected chi connectivity index (χ2v) is 6.54. The van der Waals surface area contributed by atoms with Gasteiger partial charge >= 0.3 is 0 Å². The highest BCUT2D eigenvalue weighted by Crippen LogP contribution is 2.29. The van der Waals surface area contributed by atoms with E-state index in [0.29, 0.717) is 12.0 Å². The smallest absolute Gasteiger partial charge is 0.0473 e. The number of hydrogen-bond acceptors (Lipinski definition) is 2. The molecule has 2 heteroatoms. The van der Waals surface area contributed by atoms with E-state index in [4.69, 9.17) is 0 Å². The summed E-state index contributed by atoms with van der Waals surface area (Å²) >= 11 is 0. The average Bonchev–Trinajstić information content (AvgIpc) is 2.39. The molecular formula is C17H28N2. The van der Waals surface area contributed by atoms with Crippen molar-refractivity contribution in [2.45, 2.75) is 45.7 Å². The second-order valence-electron chi connectivity index (χ2n) is 6.54. The molecule has 19 heavy (non-hydrogen) atoms. The Hall–Kier alpha value is -0.860.